The van der Waals surface area contributed by atoms with Crippen LogP contribution in [0, 0.1) is 11.8 Å². The van der Waals surface area contributed by atoms with Gasteiger partial charge in [0.05, 0.1) is 6.10 Å². The maximum absolute atomic E-state index is 6.16. The van der Waals surface area contributed by atoms with Gasteiger partial charge in [0.2, 0.25) is 0 Å². The third-order valence-corrected chi connectivity index (χ3v) is 4.12. The lowest BCUT2D eigenvalue weighted by atomic mass is 9.82. The summed E-state index contributed by atoms with van der Waals surface area (Å²) in [5, 5.41) is 3.42. The Morgan fingerprint density at radius 1 is 1.05 bits per heavy atom. The largest absolute Gasteiger partial charge is 0.490 e. The summed E-state index contributed by atoms with van der Waals surface area (Å²) in [6, 6.07) is 8.58. The predicted octanol–water partition coefficient (Wildman–Crippen LogP) is 4.39. The maximum Gasteiger partial charge on any atom is 0.119 e. The molecule has 1 saturated carbocycles. The monoisotopic (exact) mass is 275 g/mol. The van der Waals surface area contributed by atoms with E-state index in [0.29, 0.717) is 6.10 Å². The van der Waals surface area contributed by atoms with E-state index in [1.807, 2.05) is 0 Å². The lowest BCUT2D eigenvalue weighted by Crippen LogP contribution is -2.28. The molecule has 2 heteroatoms. The second-order valence-electron chi connectivity index (χ2n) is 6.48. The van der Waals surface area contributed by atoms with Gasteiger partial charge in [-0.3, -0.25) is 0 Å². The van der Waals surface area contributed by atoms with Gasteiger partial charge in [-0.2, -0.15) is 0 Å². The molecule has 1 fully saturated rings. The molecule has 0 spiro atoms. The summed E-state index contributed by atoms with van der Waals surface area (Å²) < 4.78 is 6.16. The number of nitrogens with one attached hydrogen (secondary N) is 1. The van der Waals surface area contributed by atoms with Gasteiger partial charge < -0.3 is 10.1 Å². The summed E-state index contributed by atoms with van der Waals surface area (Å²) >= 11 is 0. The maximum atomic E-state index is 6.16. The van der Waals surface area contributed by atoms with Crippen molar-refractivity contribution in [2.45, 2.75) is 59.1 Å². The number of hydrogen-bond acceptors (Lipinski definition) is 2. The van der Waals surface area contributed by atoms with Crippen LogP contribution in [-0.4, -0.2) is 12.6 Å². The van der Waals surface area contributed by atoms with Gasteiger partial charge in [0.25, 0.3) is 0 Å². The van der Waals surface area contributed by atoms with E-state index in [2.05, 4.69) is 50.4 Å². The lowest BCUT2D eigenvalue weighted by molar-refractivity contribution is 0.101. The van der Waals surface area contributed by atoms with Crippen LogP contribution in [-0.2, 0) is 6.54 Å². The molecule has 1 aromatic carbocycles. The third-order valence-electron chi connectivity index (χ3n) is 4.12. The van der Waals surface area contributed by atoms with E-state index in [-0.39, 0.29) is 0 Å². The molecule has 1 aliphatic rings. The molecule has 0 saturated heterocycles. The number of rotatable bonds is 6. The molecule has 112 valence electrons. The highest BCUT2D eigenvalue weighted by atomic mass is 16.5. The molecule has 2 rings (SSSR count). The van der Waals surface area contributed by atoms with Crippen molar-refractivity contribution in [3.8, 4) is 5.75 Å². The molecule has 2 nitrogen and oxygen atoms in total. The number of ether oxygens (including phenoxy) is 1. The van der Waals surface area contributed by atoms with Gasteiger partial charge >= 0.3 is 0 Å². The highest BCUT2D eigenvalue weighted by Crippen LogP contribution is 2.31. The van der Waals surface area contributed by atoms with E-state index in [9.17, 15) is 0 Å². The van der Waals surface area contributed by atoms with Crippen molar-refractivity contribution in [3.63, 3.8) is 0 Å². The minimum absolute atomic E-state index is 0.401. The number of benzene rings is 1. The van der Waals surface area contributed by atoms with E-state index < -0.39 is 0 Å². The minimum atomic E-state index is 0.401. The molecular weight excluding hydrogens is 246 g/mol. The van der Waals surface area contributed by atoms with E-state index in [4.69, 9.17) is 4.74 Å². The molecule has 1 aromatic rings. The van der Waals surface area contributed by atoms with Crippen molar-refractivity contribution in [2.24, 2.45) is 11.8 Å². The minimum Gasteiger partial charge on any atom is -0.490 e. The highest BCUT2D eigenvalue weighted by molar-refractivity contribution is 5.27. The van der Waals surface area contributed by atoms with Crippen molar-refractivity contribution in [3.05, 3.63) is 29.8 Å². The predicted molar refractivity (Wildman–Crippen MR) is 85.0 cm³/mol. The van der Waals surface area contributed by atoms with Crippen LogP contribution in [0.2, 0.25) is 0 Å². The first-order valence-electron chi connectivity index (χ1n) is 8.13. The van der Waals surface area contributed by atoms with Gasteiger partial charge in [0.1, 0.15) is 5.75 Å². The fraction of sp³-hybridized carbons (Fsp3) is 0.667. The highest BCUT2D eigenvalue weighted by Gasteiger charge is 2.25. The van der Waals surface area contributed by atoms with E-state index in [0.717, 1.165) is 30.7 Å². The van der Waals surface area contributed by atoms with Crippen molar-refractivity contribution in [1.29, 1.82) is 0 Å². The molecule has 1 N–H and O–H groups in total. The molecule has 0 bridgehead atoms. The second kappa shape index (κ2) is 7.68. The smallest absolute Gasteiger partial charge is 0.119 e. The summed E-state index contributed by atoms with van der Waals surface area (Å²) in [4.78, 5) is 0. The van der Waals surface area contributed by atoms with Gasteiger partial charge in [-0.1, -0.05) is 32.9 Å². The van der Waals surface area contributed by atoms with Crippen molar-refractivity contribution in [1.82, 2.24) is 5.32 Å². The molecule has 0 amide bonds. The Labute approximate surface area is 123 Å². The first kappa shape index (κ1) is 15.4. The Balaban J connectivity index is 1.83. The van der Waals surface area contributed by atoms with Crippen LogP contribution in [0.1, 0.15) is 52.0 Å². The van der Waals surface area contributed by atoms with E-state index in [1.54, 1.807) is 0 Å². The van der Waals surface area contributed by atoms with Gasteiger partial charge in [-0.05, 0) is 61.8 Å². The van der Waals surface area contributed by atoms with Crippen LogP contribution in [0.4, 0.5) is 0 Å². The van der Waals surface area contributed by atoms with E-state index in [1.165, 1.54) is 31.2 Å². The van der Waals surface area contributed by atoms with Gasteiger partial charge in [-0.25, -0.2) is 0 Å². The summed E-state index contributed by atoms with van der Waals surface area (Å²) in [6.45, 7) is 8.90. The van der Waals surface area contributed by atoms with Crippen LogP contribution < -0.4 is 10.1 Å². The third kappa shape index (κ3) is 4.82. The van der Waals surface area contributed by atoms with Gasteiger partial charge in [0.15, 0.2) is 0 Å². The van der Waals surface area contributed by atoms with Crippen LogP contribution in [0.3, 0.4) is 0 Å². The Kier molecular flexibility index (Phi) is 5.90. The molecule has 20 heavy (non-hydrogen) atoms. The normalized spacial score (nSPS) is 26.4. The zero-order valence-corrected chi connectivity index (χ0v) is 13.2. The van der Waals surface area contributed by atoms with Crippen LogP contribution in [0.15, 0.2) is 24.3 Å². The zero-order chi connectivity index (χ0) is 14.4. The summed E-state index contributed by atoms with van der Waals surface area (Å²) in [5.74, 6) is 2.61. The van der Waals surface area contributed by atoms with Crippen molar-refractivity contribution >= 4 is 0 Å². The fourth-order valence-electron chi connectivity index (χ4n) is 3.26. The van der Waals surface area contributed by atoms with Crippen molar-refractivity contribution in [2.75, 3.05) is 6.54 Å². The Bertz CT molecular complexity index is 377. The fourth-order valence-corrected chi connectivity index (χ4v) is 3.26. The second-order valence-corrected chi connectivity index (χ2v) is 6.48. The number of hydrogen-bond donors (Lipinski definition) is 1. The molecule has 0 heterocycles. The molecule has 0 radical (unpaired) electrons. The Hall–Kier alpha value is -1.02. The average Bonchev–Trinajstić information content (AvgIpc) is 2.40. The molecule has 0 aliphatic heterocycles. The Morgan fingerprint density at radius 3 is 2.30 bits per heavy atom. The van der Waals surface area contributed by atoms with Crippen LogP contribution in [0.25, 0.3) is 0 Å². The lowest BCUT2D eigenvalue weighted by Gasteiger charge is -2.31. The molecule has 2 unspecified atom stereocenters. The summed E-state index contributed by atoms with van der Waals surface area (Å²) in [6.07, 6.45) is 5.33. The molecular formula is C18H29NO. The topological polar surface area (TPSA) is 21.3 Å². The van der Waals surface area contributed by atoms with E-state index >= 15 is 0 Å². The van der Waals surface area contributed by atoms with Crippen molar-refractivity contribution < 1.29 is 4.74 Å². The van der Waals surface area contributed by atoms with Gasteiger partial charge in [-0.15, -0.1) is 0 Å². The molecule has 2 atom stereocenters. The summed E-state index contributed by atoms with van der Waals surface area (Å²) in [7, 11) is 0. The molecule has 1 aliphatic carbocycles. The first-order chi connectivity index (χ1) is 9.67. The average molecular weight is 275 g/mol. The zero-order valence-electron chi connectivity index (χ0n) is 13.2. The summed E-state index contributed by atoms with van der Waals surface area (Å²) in [5.41, 5.74) is 1.33. The van der Waals surface area contributed by atoms with Crippen LogP contribution >= 0.6 is 0 Å². The van der Waals surface area contributed by atoms with Gasteiger partial charge in [0, 0.05) is 6.54 Å². The van der Waals surface area contributed by atoms with Crippen LogP contribution in [0.5, 0.6) is 5.75 Å². The SMILES string of the molecule is CCCNCc1ccc(OC2CC(C)CC(C)C2)cc1. The first-order valence-corrected chi connectivity index (χ1v) is 8.13. The molecule has 0 aromatic heterocycles. The quantitative estimate of drug-likeness (QED) is 0.777. The Morgan fingerprint density at radius 2 is 1.70 bits per heavy atom. The standard InChI is InChI=1S/C18H29NO/c1-4-9-19-13-16-5-7-17(8-6-16)20-18-11-14(2)10-15(3)12-18/h5-8,14-15,18-19H,4,9-13H2,1-3H3.